The molecule has 154 valence electrons. The highest BCUT2D eigenvalue weighted by molar-refractivity contribution is 5.67. The first kappa shape index (κ1) is 18.8. The van der Waals surface area contributed by atoms with Gasteiger partial charge in [-0.15, -0.1) is 5.10 Å². The molecule has 0 spiro atoms. The van der Waals surface area contributed by atoms with Crippen LogP contribution in [0.4, 0.5) is 4.39 Å². The second kappa shape index (κ2) is 7.56. The van der Waals surface area contributed by atoms with Crippen LogP contribution in [0.2, 0.25) is 0 Å². The van der Waals surface area contributed by atoms with Crippen molar-refractivity contribution in [3.05, 3.63) is 88.0 Å². The van der Waals surface area contributed by atoms with Crippen molar-refractivity contribution in [3.8, 4) is 11.4 Å². The van der Waals surface area contributed by atoms with Crippen molar-refractivity contribution in [2.75, 3.05) is 0 Å². The Morgan fingerprint density at radius 2 is 1.97 bits per heavy atom. The van der Waals surface area contributed by atoms with E-state index in [2.05, 4.69) is 25.4 Å². The summed E-state index contributed by atoms with van der Waals surface area (Å²) in [4.78, 5) is 21.5. The molecule has 0 bridgehead atoms. The van der Waals surface area contributed by atoms with Gasteiger partial charge in [0.1, 0.15) is 18.7 Å². The fourth-order valence-electron chi connectivity index (χ4n) is 3.28. The van der Waals surface area contributed by atoms with E-state index in [4.69, 9.17) is 4.52 Å². The van der Waals surface area contributed by atoms with Crippen molar-refractivity contribution in [2.24, 2.45) is 0 Å². The monoisotopic (exact) mass is 417 g/mol. The smallest absolute Gasteiger partial charge is 0.283 e. The average Bonchev–Trinajstić information content (AvgIpc) is 3.38. The maximum absolute atomic E-state index is 13.4. The molecule has 0 atom stereocenters. The van der Waals surface area contributed by atoms with Crippen LogP contribution in [0.3, 0.4) is 0 Å². The van der Waals surface area contributed by atoms with Crippen molar-refractivity contribution in [1.82, 2.24) is 34.7 Å². The molecule has 0 aliphatic carbocycles. The summed E-state index contributed by atoms with van der Waals surface area (Å²) in [5, 5.41) is 11.9. The molecular formula is C21H16FN7O2. The highest BCUT2D eigenvalue weighted by Crippen LogP contribution is 2.17. The van der Waals surface area contributed by atoms with Gasteiger partial charge in [0.05, 0.1) is 6.54 Å². The molecule has 0 saturated heterocycles. The molecule has 10 heteroatoms. The van der Waals surface area contributed by atoms with Crippen LogP contribution in [0.1, 0.15) is 17.0 Å². The summed E-state index contributed by atoms with van der Waals surface area (Å²) in [6, 6.07) is 13.9. The van der Waals surface area contributed by atoms with E-state index in [-0.39, 0.29) is 35.9 Å². The summed E-state index contributed by atoms with van der Waals surface area (Å²) in [5.74, 6) is 0.371. The highest BCUT2D eigenvalue weighted by atomic mass is 19.1. The van der Waals surface area contributed by atoms with Gasteiger partial charge in [0, 0.05) is 5.56 Å². The van der Waals surface area contributed by atoms with Crippen LogP contribution in [-0.4, -0.2) is 34.7 Å². The van der Waals surface area contributed by atoms with Gasteiger partial charge in [0.25, 0.3) is 5.56 Å². The van der Waals surface area contributed by atoms with Crippen LogP contribution in [0.25, 0.3) is 22.6 Å². The Bertz CT molecular complexity index is 1450. The molecule has 0 aliphatic heterocycles. The second-order valence-electron chi connectivity index (χ2n) is 7.11. The predicted octanol–water partition coefficient (Wildman–Crippen LogP) is 2.58. The fourth-order valence-corrected chi connectivity index (χ4v) is 3.28. The molecule has 0 unspecified atom stereocenters. The van der Waals surface area contributed by atoms with Gasteiger partial charge >= 0.3 is 0 Å². The minimum atomic E-state index is -0.384. The molecule has 9 nitrogen and oxygen atoms in total. The SMILES string of the molecule is Cc1cccc(-c2noc(Cn3cnc4c(nnn4Cc4cccc(F)c4)c3=O)n2)c1. The predicted molar refractivity (Wildman–Crippen MR) is 109 cm³/mol. The summed E-state index contributed by atoms with van der Waals surface area (Å²) in [5.41, 5.74) is 2.64. The molecule has 5 rings (SSSR count). The third kappa shape index (κ3) is 3.70. The van der Waals surface area contributed by atoms with Gasteiger partial charge in [0.15, 0.2) is 11.2 Å². The van der Waals surface area contributed by atoms with Crippen molar-refractivity contribution in [1.29, 1.82) is 0 Å². The topological polar surface area (TPSA) is 105 Å². The van der Waals surface area contributed by atoms with Crippen LogP contribution in [-0.2, 0) is 13.1 Å². The molecule has 2 aromatic carbocycles. The van der Waals surface area contributed by atoms with E-state index in [0.717, 1.165) is 11.1 Å². The molecule has 0 radical (unpaired) electrons. The van der Waals surface area contributed by atoms with E-state index in [1.54, 1.807) is 12.1 Å². The molecule has 3 heterocycles. The number of rotatable bonds is 5. The van der Waals surface area contributed by atoms with Gasteiger partial charge < -0.3 is 4.52 Å². The van der Waals surface area contributed by atoms with Gasteiger partial charge in [0.2, 0.25) is 11.7 Å². The van der Waals surface area contributed by atoms with Crippen LogP contribution >= 0.6 is 0 Å². The summed E-state index contributed by atoms with van der Waals surface area (Å²) in [7, 11) is 0. The lowest BCUT2D eigenvalue weighted by atomic mass is 10.1. The molecule has 31 heavy (non-hydrogen) atoms. The summed E-state index contributed by atoms with van der Waals surface area (Å²) >= 11 is 0. The van der Waals surface area contributed by atoms with E-state index in [0.29, 0.717) is 17.0 Å². The van der Waals surface area contributed by atoms with Crippen molar-refractivity contribution >= 4 is 11.2 Å². The molecular weight excluding hydrogens is 401 g/mol. The molecule has 0 fully saturated rings. The van der Waals surface area contributed by atoms with Gasteiger partial charge in [-0.25, -0.2) is 14.1 Å². The van der Waals surface area contributed by atoms with E-state index in [1.165, 1.54) is 27.7 Å². The van der Waals surface area contributed by atoms with Gasteiger partial charge in [-0.05, 0) is 30.7 Å². The number of aryl methyl sites for hydroxylation is 1. The maximum atomic E-state index is 13.4. The summed E-state index contributed by atoms with van der Waals surface area (Å²) in [6.07, 6.45) is 1.38. The largest absolute Gasteiger partial charge is 0.337 e. The molecule has 3 aromatic heterocycles. The zero-order chi connectivity index (χ0) is 21.4. The third-order valence-corrected chi connectivity index (χ3v) is 4.76. The third-order valence-electron chi connectivity index (χ3n) is 4.76. The van der Waals surface area contributed by atoms with Gasteiger partial charge in [-0.3, -0.25) is 9.36 Å². The van der Waals surface area contributed by atoms with Crippen LogP contribution in [0, 0.1) is 12.7 Å². The van der Waals surface area contributed by atoms with Crippen molar-refractivity contribution < 1.29 is 8.91 Å². The van der Waals surface area contributed by atoms with Crippen LogP contribution in [0.5, 0.6) is 0 Å². The van der Waals surface area contributed by atoms with Gasteiger partial charge in [-0.2, -0.15) is 4.98 Å². The lowest BCUT2D eigenvalue weighted by molar-refractivity contribution is 0.369. The minimum absolute atomic E-state index is 0.0529. The van der Waals surface area contributed by atoms with Crippen molar-refractivity contribution in [2.45, 2.75) is 20.0 Å². The van der Waals surface area contributed by atoms with Crippen LogP contribution < -0.4 is 5.56 Å². The molecule has 0 saturated carbocycles. The Morgan fingerprint density at radius 3 is 2.81 bits per heavy atom. The first-order valence-electron chi connectivity index (χ1n) is 9.49. The molecule has 5 aromatic rings. The molecule has 0 N–H and O–H groups in total. The van der Waals surface area contributed by atoms with Crippen molar-refractivity contribution in [3.63, 3.8) is 0 Å². The summed E-state index contributed by atoms with van der Waals surface area (Å²) in [6.45, 7) is 2.28. The first-order valence-corrected chi connectivity index (χ1v) is 9.49. The van der Waals surface area contributed by atoms with E-state index >= 15 is 0 Å². The number of benzene rings is 2. The molecule has 0 aliphatic rings. The first-order chi connectivity index (χ1) is 15.1. The maximum Gasteiger partial charge on any atom is 0.283 e. The zero-order valence-corrected chi connectivity index (χ0v) is 16.4. The Morgan fingerprint density at radius 1 is 1.10 bits per heavy atom. The number of halogens is 1. The van der Waals surface area contributed by atoms with E-state index in [1.807, 2.05) is 31.2 Å². The Kier molecular flexibility index (Phi) is 4.58. The minimum Gasteiger partial charge on any atom is -0.337 e. The highest BCUT2D eigenvalue weighted by Gasteiger charge is 2.15. The normalized spacial score (nSPS) is 11.3. The zero-order valence-electron chi connectivity index (χ0n) is 16.4. The van der Waals surface area contributed by atoms with E-state index < -0.39 is 0 Å². The quantitative estimate of drug-likeness (QED) is 0.433. The Balaban J connectivity index is 1.42. The summed E-state index contributed by atoms with van der Waals surface area (Å²) < 4.78 is 21.5. The number of nitrogens with zero attached hydrogens (tertiary/aromatic N) is 7. The Hall–Kier alpha value is -4.21. The van der Waals surface area contributed by atoms with Gasteiger partial charge in [-0.1, -0.05) is 46.3 Å². The average molecular weight is 417 g/mol. The number of hydrogen-bond donors (Lipinski definition) is 0. The lowest BCUT2D eigenvalue weighted by Gasteiger charge is -2.03. The van der Waals surface area contributed by atoms with E-state index in [9.17, 15) is 9.18 Å². The number of fused-ring (bicyclic) bond motifs is 1. The Labute approximate surface area is 174 Å². The standard InChI is InChI=1S/C21H16FN7O2/c1-13-4-2-6-15(8-13)19-24-17(31-26-19)11-28-12-23-20-18(21(28)30)25-27-29(20)10-14-5-3-7-16(22)9-14/h2-9,12H,10-11H2,1H3. The fraction of sp³-hybridized carbons (Fsp3) is 0.143. The van der Waals surface area contributed by atoms with Crippen LogP contribution in [0.15, 0.2) is 64.2 Å². The number of hydrogen-bond acceptors (Lipinski definition) is 7. The number of aromatic nitrogens is 7. The lowest BCUT2D eigenvalue weighted by Crippen LogP contribution is -2.21. The molecule has 0 amide bonds. The second-order valence-corrected chi connectivity index (χ2v) is 7.11.